The molecule has 0 aromatic carbocycles. The van der Waals surface area contributed by atoms with Gasteiger partial charge in [0, 0.05) is 6.04 Å². The third-order valence-electron chi connectivity index (χ3n) is 2.63. The van der Waals surface area contributed by atoms with Gasteiger partial charge < -0.3 is 10.0 Å². The molecule has 1 unspecified atom stereocenters. The zero-order valence-electron chi connectivity index (χ0n) is 9.42. The first-order chi connectivity index (χ1) is 6.22. The van der Waals surface area contributed by atoms with Gasteiger partial charge in [-0.05, 0) is 26.9 Å². The number of unbranched alkanes of at least 4 members (excludes halogenated alkanes) is 4. The molecule has 0 aromatic rings. The molecule has 0 aliphatic heterocycles. The highest BCUT2D eigenvalue weighted by molar-refractivity contribution is 4.60. The predicted molar refractivity (Wildman–Crippen MR) is 57.9 cm³/mol. The summed E-state index contributed by atoms with van der Waals surface area (Å²) in [6.07, 6.45) is 6.62. The van der Waals surface area contributed by atoms with Gasteiger partial charge in [0.2, 0.25) is 0 Å². The van der Waals surface area contributed by atoms with Crippen LogP contribution in [-0.2, 0) is 0 Å². The van der Waals surface area contributed by atoms with Crippen molar-refractivity contribution in [1.29, 1.82) is 0 Å². The minimum atomic E-state index is 0.269. The molecule has 13 heavy (non-hydrogen) atoms. The summed E-state index contributed by atoms with van der Waals surface area (Å²) in [4.78, 5) is 2.23. The van der Waals surface area contributed by atoms with Gasteiger partial charge in [-0.3, -0.25) is 0 Å². The normalized spacial score (nSPS) is 13.6. The van der Waals surface area contributed by atoms with Gasteiger partial charge in [-0.2, -0.15) is 0 Å². The standard InChI is InChI=1S/C11H25NO/c1-4-5-6-7-8-9-12(3)11(2)10-13/h11,13H,4-10H2,1-3H3. The van der Waals surface area contributed by atoms with E-state index in [9.17, 15) is 0 Å². The quantitative estimate of drug-likeness (QED) is 0.589. The van der Waals surface area contributed by atoms with E-state index in [0.717, 1.165) is 6.54 Å². The molecule has 0 rings (SSSR count). The molecule has 0 aliphatic rings. The molecule has 0 fully saturated rings. The van der Waals surface area contributed by atoms with Crippen LogP contribution in [0, 0.1) is 0 Å². The van der Waals surface area contributed by atoms with Crippen molar-refractivity contribution in [3.63, 3.8) is 0 Å². The average molecular weight is 187 g/mol. The summed E-state index contributed by atoms with van der Waals surface area (Å²) in [7, 11) is 2.08. The van der Waals surface area contributed by atoms with E-state index in [4.69, 9.17) is 5.11 Å². The number of nitrogens with zero attached hydrogens (tertiary/aromatic N) is 1. The first-order valence-corrected chi connectivity index (χ1v) is 5.53. The second kappa shape index (κ2) is 8.52. The van der Waals surface area contributed by atoms with E-state index in [2.05, 4.69) is 25.8 Å². The van der Waals surface area contributed by atoms with Gasteiger partial charge in [0.15, 0.2) is 0 Å². The lowest BCUT2D eigenvalue weighted by Gasteiger charge is -2.22. The molecule has 0 aromatic heterocycles. The molecule has 0 amide bonds. The maximum atomic E-state index is 8.90. The monoisotopic (exact) mass is 187 g/mol. The Hall–Kier alpha value is -0.0800. The largest absolute Gasteiger partial charge is 0.395 e. The SMILES string of the molecule is CCCCCCCN(C)C(C)CO. The van der Waals surface area contributed by atoms with E-state index in [1.165, 1.54) is 32.1 Å². The zero-order valence-corrected chi connectivity index (χ0v) is 9.42. The van der Waals surface area contributed by atoms with E-state index >= 15 is 0 Å². The van der Waals surface area contributed by atoms with Crippen molar-refractivity contribution in [1.82, 2.24) is 4.90 Å². The highest BCUT2D eigenvalue weighted by atomic mass is 16.3. The minimum absolute atomic E-state index is 0.269. The summed E-state index contributed by atoms with van der Waals surface area (Å²) in [5, 5.41) is 8.90. The minimum Gasteiger partial charge on any atom is -0.395 e. The number of rotatable bonds is 8. The second-order valence-electron chi connectivity index (χ2n) is 3.93. The van der Waals surface area contributed by atoms with Crippen molar-refractivity contribution in [3.8, 4) is 0 Å². The van der Waals surface area contributed by atoms with Crippen molar-refractivity contribution in [3.05, 3.63) is 0 Å². The summed E-state index contributed by atoms with van der Waals surface area (Å²) in [5.74, 6) is 0. The Labute approximate surface area is 82.9 Å². The molecule has 0 radical (unpaired) electrons. The lowest BCUT2D eigenvalue weighted by atomic mass is 10.1. The van der Waals surface area contributed by atoms with Crippen LogP contribution in [0.1, 0.15) is 46.0 Å². The molecule has 1 N–H and O–H groups in total. The second-order valence-corrected chi connectivity index (χ2v) is 3.93. The topological polar surface area (TPSA) is 23.5 Å². The Balaban J connectivity index is 3.21. The third-order valence-corrected chi connectivity index (χ3v) is 2.63. The number of hydrogen-bond acceptors (Lipinski definition) is 2. The van der Waals surface area contributed by atoms with E-state index in [0.29, 0.717) is 6.04 Å². The summed E-state index contributed by atoms with van der Waals surface area (Å²) in [6, 6.07) is 0.311. The van der Waals surface area contributed by atoms with Crippen molar-refractivity contribution in [2.24, 2.45) is 0 Å². The van der Waals surface area contributed by atoms with Gasteiger partial charge in [0.05, 0.1) is 6.61 Å². The van der Waals surface area contributed by atoms with Gasteiger partial charge in [-0.25, -0.2) is 0 Å². The molecule has 0 aliphatic carbocycles. The Morgan fingerprint density at radius 3 is 2.31 bits per heavy atom. The lowest BCUT2D eigenvalue weighted by Crippen LogP contribution is -2.32. The maximum Gasteiger partial charge on any atom is 0.0584 e. The van der Waals surface area contributed by atoms with Crippen LogP contribution in [0.15, 0.2) is 0 Å². The first-order valence-electron chi connectivity index (χ1n) is 5.53. The van der Waals surface area contributed by atoms with Gasteiger partial charge in [-0.1, -0.05) is 32.6 Å². The molecular weight excluding hydrogens is 162 g/mol. The predicted octanol–water partition coefficient (Wildman–Crippen LogP) is 2.27. The summed E-state index contributed by atoms with van der Waals surface area (Å²) in [6.45, 7) is 5.68. The summed E-state index contributed by atoms with van der Waals surface area (Å²) in [5.41, 5.74) is 0. The molecule has 0 saturated heterocycles. The van der Waals surface area contributed by atoms with Crippen molar-refractivity contribution < 1.29 is 5.11 Å². The van der Waals surface area contributed by atoms with Gasteiger partial charge >= 0.3 is 0 Å². The fraction of sp³-hybridized carbons (Fsp3) is 1.00. The third kappa shape index (κ3) is 7.03. The molecule has 0 heterocycles. The number of aliphatic hydroxyl groups excluding tert-OH is 1. The Bertz CT molecular complexity index is 106. The fourth-order valence-corrected chi connectivity index (χ4v) is 1.32. The fourth-order valence-electron chi connectivity index (χ4n) is 1.32. The molecule has 1 atom stereocenters. The smallest absolute Gasteiger partial charge is 0.0584 e. The lowest BCUT2D eigenvalue weighted by molar-refractivity contribution is 0.157. The van der Waals surface area contributed by atoms with Crippen LogP contribution < -0.4 is 0 Å². The van der Waals surface area contributed by atoms with Crippen LogP contribution in [0.3, 0.4) is 0 Å². The molecule has 0 saturated carbocycles. The summed E-state index contributed by atoms with van der Waals surface area (Å²) < 4.78 is 0. The average Bonchev–Trinajstić information content (AvgIpc) is 2.16. The Morgan fingerprint density at radius 2 is 1.77 bits per heavy atom. The summed E-state index contributed by atoms with van der Waals surface area (Å²) >= 11 is 0. The number of likely N-dealkylation sites (N-methyl/N-ethyl adjacent to an activating group) is 1. The van der Waals surface area contributed by atoms with Gasteiger partial charge in [0.25, 0.3) is 0 Å². The highest BCUT2D eigenvalue weighted by Gasteiger charge is 2.05. The van der Waals surface area contributed by atoms with Crippen LogP contribution in [-0.4, -0.2) is 36.2 Å². The van der Waals surface area contributed by atoms with Crippen LogP contribution in [0.5, 0.6) is 0 Å². The van der Waals surface area contributed by atoms with Crippen molar-refractivity contribution in [2.75, 3.05) is 20.2 Å². The molecule has 0 spiro atoms. The number of aliphatic hydroxyl groups is 1. The van der Waals surface area contributed by atoms with E-state index in [-0.39, 0.29) is 6.61 Å². The van der Waals surface area contributed by atoms with E-state index in [1.807, 2.05) is 0 Å². The molecule has 2 nitrogen and oxygen atoms in total. The van der Waals surface area contributed by atoms with E-state index < -0.39 is 0 Å². The van der Waals surface area contributed by atoms with Crippen molar-refractivity contribution >= 4 is 0 Å². The first kappa shape index (κ1) is 12.9. The van der Waals surface area contributed by atoms with E-state index in [1.54, 1.807) is 0 Å². The molecular formula is C11H25NO. The van der Waals surface area contributed by atoms with Crippen LogP contribution in [0.4, 0.5) is 0 Å². The van der Waals surface area contributed by atoms with Gasteiger partial charge in [0.1, 0.15) is 0 Å². The van der Waals surface area contributed by atoms with Gasteiger partial charge in [-0.15, -0.1) is 0 Å². The Kier molecular flexibility index (Phi) is 8.46. The van der Waals surface area contributed by atoms with Crippen LogP contribution >= 0.6 is 0 Å². The highest BCUT2D eigenvalue weighted by Crippen LogP contribution is 2.04. The maximum absolute atomic E-state index is 8.90. The Morgan fingerprint density at radius 1 is 1.15 bits per heavy atom. The van der Waals surface area contributed by atoms with Crippen LogP contribution in [0.2, 0.25) is 0 Å². The molecule has 80 valence electrons. The zero-order chi connectivity index (χ0) is 10.1. The number of hydrogen-bond donors (Lipinski definition) is 1. The van der Waals surface area contributed by atoms with Crippen LogP contribution in [0.25, 0.3) is 0 Å². The molecule has 0 bridgehead atoms. The molecule has 2 heteroatoms. The van der Waals surface area contributed by atoms with Crippen molar-refractivity contribution in [2.45, 2.75) is 52.0 Å².